The summed E-state index contributed by atoms with van der Waals surface area (Å²) in [5.74, 6) is -0.540. The van der Waals surface area contributed by atoms with Gasteiger partial charge < -0.3 is 5.32 Å². The van der Waals surface area contributed by atoms with Crippen LogP contribution in [0.1, 0.15) is 37.3 Å². The lowest BCUT2D eigenvalue weighted by molar-refractivity contribution is -0.122. The topological polar surface area (TPSA) is 87.0 Å². The third-order valence-electron chi connectivity index (χ3n) is 4.27. The summed E-state index contributed by atoms with van der Waals surface area (Å²) in [5, 5.41) is 11.3. The van der Waals surface area contributed by atoms with Crippen LogP contribution < -0.4 is 5.32 Å². The molecular weight excluding hydrogens is 360 g/mol. The van der Waals surface area contributed by atoms with E-state index in [2.05, 4.69) is 5.32 Å². The van der Waals surface area contributed by atoms with Gasteiger partial charge in [-0.05, 0) is 49.1 Å². The summed E-state index contributed by atoms with van der Waals surface area (Å²) in [6.45, 7) is 5.82. The maximum absolute atomic E-state index is 12.9. The van der Waals surface area contributed by atoms with Crippen LogP contribution in [0.5, 0.6) is 0 Å². The van der Waals surface area contributed by atoms with E-state index in [-0.39, 0.29) is 28.2 Å². The van der Waals surface area contributed by atoms with Crippen molar-refractivity contribution in [3.63, 3.8) is 0 Å². The van der Waals surface area contributed by atoms with E-state index in [0.717, 1.165) is 5.56 Å². The molecule has 27 heavy (non-hydrogen) atoms. The van der Waals surface area contributed by atoms with E-state index in [9.17, 15) is 13.2 Å². The van der Waals surface area contributed by atoms with Crippen LogP contribution in [-0.2, 0) is 14.6 Å². The van der Waals surface area contributed by atoms with Gasteiger partial charge in [-0.2, -0.15) is 5.26 Å². The standard InChI is InChI=1S/C21H24N2O3S/c1-15(2)13-20(21(24)23-12-11-22)17-5-4-6-19(14-17)27(25,26)18-9-7-16(3)8-10-18/h4-10,14-15,20H,12-13H2,1-3H3,(H,23,24). The quantitative estimate of drug-likeness (QED) is 0.739. The summed E-state index contributed by atoms with van der Waals surface area (Å²) in [6, 6.07) is 15.1. The van der Waals surface area contributed by atoms with Gasteiger partial charge in [-0.25, -0.2) is 8.42 Å². The fourth-order valence-electron chi connectivity index (χ4n) is 2.87. The van der Waals surface area contributed by atoms with Crippen molar-refractivity contribution in [1.29, 1.82) is 5.26 Å². The van der Waals surface area contributed by atoms with Crippen LogP contribution in [-0.4, -0.2) is 20.9 Å². The van der Waals surface area contributed by atoms with Crippen LogP contribution in [0.2, 0.25) is 0 Å². The van der Waals surface area contributed by atoms with Gasteiger partial charge >= 0.3 is 0 Å². The molecule has 0 aliphatic heterocycles. The second-order valence-corrected chi connectivity index (χ2v) is 8.90. The minimum absolute atomic E-state index is 0.0746. The summed E-state index contributed by atoms with van der Waals surface area (Å²) in [6.07, 6.45) is 0.561. The van der Waals surface area contributed by atoms with Crippen molar-refractivity contribution in [2.45, 2.75) is 42.9 Å². The molecule has 142 valence electrons. The van der Waals surface area contributed by atoms with E-state index in [0.29, 0.717) is 12.0 Å². The van der Waals surface area contributed by atoms with E-state index in [1.54, 1.807) is 42.5 Å². The van der Waals surface area contributed by atoms with E-state index in [1.165, 1.54) is 6.07 Å². The zero-order valence-electron chi connectivity index (χ0n) is 15.8. The Labute approximate surface area is 161 Å². The van der Waals surface area contributed by atoms with Crippen LogP contribution in [0, 0.1) is 24.2 Å². The van der Waals surface area contributed by atoms with Gasteiger partial charge in [0.2, 0.25) is 15.7 Å². The summed E-state index contributed by atoms with van der Waals surface area (Å²) in [5.41, 5.74) is 1.61. The van der Waals surface area contributed by atoms with E-state index < -0.39 is 15.8 Å². The number of nitrogens with one attached hydrogen (secondary N) is 1. The highest BCUT2D eigenvalue weighted by molar-refractivity contribution is 7.91. The smallest absolute Gasteiger partial charge is 0.228 e. The zero-order chi connectivity index (χ0) is 20.0. The predicted octanol–water partition coefficient (Wildman–Crippen LogP) is 3.60. The predicted molar refractivity (Wildman–Crippen MR) is 104 cm³/mol. The Bertz CT molecular complexity index is 942. The van der Waals surface area contributed by atoms with Crippen molar-refractivity contribution < 1.29 is 13.2 Å². The number of sulfone groups is 1. The molecule has 0 fully saturated rings. The zero-order valence-corrected chi connectivity index (χ0v) is 16.6. The molecule has 1 amide bonds. The maximum atomic E-state index is 12.9. The fraction of sp³-hybridized carbons (Fsp3) is 0.333. The van der Waals surface area contributed by atoms with Gasteiger partial charge in [-0.15, -0.1) is 0 Å². The van der Waals surface area contributed by atoms with Crippen LogP contribution in [0.15, 0.2) is 58.3 Å². The highest BCUT2D eigenvalue weighted by Crippen LogP contribution is 2.28. The first kappa shape index (κ1) is 20.7. The molecule has 0 radical (unpaired) electrons. The first-order valence-corrected chi connectivity index (χ1v) is 10.3. The molecule has 5 nitrogen and oxygen atoms in total. The van der Waals surface area contributed by atoms with Crippen molar-refractivity contribution in [3.05, 3.63) is 59.7 Å². The molecule has 1 atom stereocenters. The van der Waals surface area contributed by atoms with Gasteiger partial charge in [-0.1, -0.05) is 43.7 Å². The molecule has 0 spiro atoms. The first-order chi connectivity index (χ1) is 12.8. The third kappa shape index (κ3) is 5.18. The molecule has 2 aromatic rings. The Hall–Kier alpha value is -2.65. The molecule has 1 N–H and O–H groups in total. The normalized spacial score (nSPS) is 12.4. The Morgan fingerprint density at radius 2 is 1.78 bits per heavy atom. The number of aryl methyl sites for hydroxylation is 1. The summed E-state index contributed by atoms with van der Waals surface area (Å²) >= 11 is 0. The van der Waals surface area contributed by atoms with Gasteiger partial charge in [0, 0.05) is 0 Å². The Morgan fingerprint density at radius 1 is 1.11 bits per heavy atom. The number of nitrogens with zero attached hydrogens (tertiary/aromatic N) is 1. The van der Waals surface area contributed by atoms with E-state index >= 15 is 0 Å². The van der Waals surface area contributed by atoms with Crippen molar-refractivity contribution in [2.75, 3.05) is 6.54 Å². The van der Waals surface area contributed by atoms with Gasteiger partial charge in [0.1, 0.15) is 6.54 Å². The molecule has 2 rings (SSSR count). The molecule has 0 heterocycles. The number of hydrogen-bond donors (Lipinski definition) is 1. The van der Waals surface area contributed by atoms with Crippen LogP contribution in [0.3, 0.4) is 0 Å². The Kier molecular flexibility index (Phi) is 6.75. The number of amides is 1. The minimum atomic E-state index is -3.67. The Morgan fingerprint density at radius 3 is 2.37 bits per heavy atom. The van der Waals surface area contributed by atoms with E-state index in [4.69, 9.17) is 5.26 Å². The number of hydrogen-bond acceptors (Lipinski definition) is 4. The number of carbonyl (C=O) groups excluding carboxylic acids is 1. The molecular formula is C21H24N2O3S. The van der Waals surface area contributed by atoms with E-state index in [1.807, 2.05) is 26.8 Å². The van der Waals surface area contributed by atoms with Crippen LogP contribution in [0.25, 0.3) is 0 Å². The van der Waals surface area contributed by atoms with Crippen molar-refractivity contribution in [1.82, 2.24) is 5.32 Å². The number of rotatable bonds is 7. The molecule has 0 aliphatic rings. The summed E-state index contributed by atoms with van der Waals surface area (Å²) < 4.78 is 25.9. The van der Waals surface area contributed by atoms with Crippen molar-refractivity contribution in [3.8, 4) is 6.07 Å². The van der Waals surface area contributed by atoms with Crippen molar-refractivity contribution in [2.24, 2.45) is 5.92 Å². The average molecular weight is 385 g/mol. The number of nitriles is 1. The number of benzene rings is 2. The van der Waals surface area contributed by atoms with Gasteiger partial charge in [0.05, 0.1) is 21.8 Å². The number of carbonyl (C=O) groups is 1. The molecule has 2 aromatic carbocycles. The lowest BCUT2D eigenvalue weighted by Crippen LogP contribution is -2.30. The second kappa shape index (κ2) is 8.83. The van der Waals surface area contributed by atoms with Gasteiger partial charge in [-0.3, -0.25) is 4.79 Å². The lowest BCUT2D eigenvalue weighted by atomic mass is 9.89. The fourth-order valence-corrected chi connectivity index (χ4v) is 4.18. The first-order valence-electron chi connectivity index (χ1n) is 8.82. The summed E-state index contributed by atoms with van der Waals surface area (Å²) in [7, 11) is -3.67. The molecule has 6 heteroatoms. The molecule has 0 aliphatic carbocycles. The molecule has 0 saturated carbocycles. The maximum Gasteiger partial charge on any atom is 0.228 e. The molecule has 1 unspecified atom stereocenters. The van der Waals surface area contributed by atoms with Gasteiger partial charge in [0.25, 0.3) is 0 Å². The second-order valence-electron chi connectivity index (χ2n) is 6.95. The van der Waals surface area contributed by atoms with Crippen LogP contribution >= 0.6 is 0 Å². The molecule has 0 saturated heterocycles. The SMILES string of the molecule is Cc1ccc(S(=O)(=O)c2cccc(C(CC(C)C)C(=O)NCC#N)c2)cc1. The van der Waals surface area contributed by atoms with Gasteiger partial charge in [0.15, 0.2) is 0 Å². The molecule has 0 bridgehead atoms. The van der Waals surface area contributed by atoms with Crippen LogP contribution in [0.4, 0.5) is 0 Å². The third-order valence-corrected chi connectivity index (χ3v) is 6.03. The minimum Gasteiger partial charge on any atom is -0.342 e. The van der Waals surface area contributed by atoms with Crippen molar-refractivity contribution >= 4 is 15.7 Å². The average Bonchev–Trinajstić information content (AvgIpc) is 2.64. The highest BCUT2D eigenvalue weighted by atomic mass is 32.2. The monoisotopic (exact) mass is 384 g/mol. The Balaban J connectivity index is 2.42. The molecule has 0 aromatic heterocycles. The highest BCUT2D eigenvalue weighted by Gasteiger charge is 2.24. The summed E-state index contributed by atoms with van der Waals surface area (Å²) in [4.78, 5) is 12.9. The largest absolute Gasteiger partial charge is 0.342 e. The lowest BCUT2D eigenvalue weighted by Gasteiger charge is -2.19.